The summed E-state index contributed by atoms with van der Waals surface area (Å²) in [6.07, 6.45) is -2.90. The highest BCUT2D eigenvalue weighted by molar-refractivity contribution is 14.2. The Hall–Kier alpha value is -1.74. The fraction of sp³-hybridized carbons (Fsp3) is 0.350. The molecule has 1 aliphatic heterocycles. The van der Waals surface area contributed by atoms with Gasteiger partial charge in [-0.3, -0.25) is 9.48 Å². The summed E-state index contributed by atoms with van der Waals surface area (Å²) >= 11 is 2.94. The zero-order valence-corrected chi connectivity index (χ0v) is 22.0. The van der Waals surface area contributed by atoms with E-state index in [0.717, 1.165) is 16.6 Å². The fourth-order valence-corrected chi connectivity index (χ4v) is 4.52. The van der Waals surface area contributed by atoms with Crippen LogP contribution in [0.15, 0.2) is 57.2 Å². The number of hydrogen-bond donors (Lipinski definition) is 1. The molecule has 2 aromatic rings. The van der Waals surface area contributed by atoms with E-state index < -0.39 is 30.5 Å². The van der Waals surface area contributed by atoms with Gasteiger partial charge in [0.25, 0.3) is 5.91 Å². The molecule has 190 valence electrons. The zero-order valence-electron chi connectivity index (χ0n) is 18.0. The molecule has 0 saturated carbocycles. The highest BCUT2D eigenvalue weighted by Gasteiger charge is 2.32. The number of aromatic nitrogens is 2. The Balaban J connectivity index is 1.62. The molecule has 0 bridgehead atoms. The van der Waals surface area contributed by atoms with Crippen molar-refractivity contribution in [2.24, 2.45) is 10.1 Å². The second-order valence-electron chi connectivity index (χ2n) is 7.24. The molecule has 2 atom stereocenters. The lowest BCUT2D eigenvalue weighted by molar-refractivity contribution is -0.144. The lowest BCUT2D eigenvalue weighted by atomic mass is 10.1. The Morgan fingerprint density at radius 2 is 2.09 bits per heavy atom. The third-order valence-corrected chi connectivity index (χ3v) is 6.56. The number of ether oxygens (including phenoxy) is 1. The Labute approximate surface area is 217 Å². The molecular weight excluding hydrogens is 624 g/mol. The first-order valence-electron chi connectivity index (χ1n) is 10.1. The third kappa shape index (κ3) is 8.41. The molecule has 0 fully saturated rings. The van der Waals surface area contributed by atoms with Gasteiger partial charge in [-0.25, -0.2) is 8.79 Å². The quantitative estimate of drug-likeness (QED) is 0.0971. The molecule has 2 N–H and O–H groups in total. The largest absolute Gasteiger partial charge is 0.408 e. The second-order valence-corrected chi connectivity index (χ2v) is 9.81. The van der Waals surface area contributed by atoms with Gasteiger partial charge in [-0.05, 0) is 34.2 Å². The van der Waals surface area contributed by atoms with Gasteiger partial charge in [0.15, 0.2) is 6.10 Å². The maximum atomic E-state index is 14.4. The van der Waals surface area contributed by atoms with Crippen LogP contribution < -0.4 is 5.73 Å². The van der Waals surface area contributed by atoms with Crippen molar-refractivity contribution >= 4 is 52.6 Å². The molecule has 1 aromatic heterocycles. The van der Waals surface area contributed by atoms with Crippen LogP contribution in [0.1, 0.15) is 11.7 Å². The number of nitrogens with two attached hydrogens (primary N) is 1. The van der Waals surface area contributed by atoms with E-state index in [1.54, 1.807) is 6.07 Å². The maximum absolute atomic E-state index is 14.4. The van der Waals surface area contributed by atoms with Gasteiger partial charge in [-0.2, -0.15) is 18.3 Å². The van der Waals surface area contributed by atoms with Crippen molar-refractivity contribution in [3.63, 3.8) is 0 Å². The third-order valence-electron chi connectivity index (χ3n) is 4.70. The molecule has 0 spiro atoms. The van der Waals surface area contributed by atoms with Gasteiger partial charge in [0.2, 0.25) is 0 Å². The molecule has 2 unspecified atom stereocenters. The van der Waals surface area contributed by atoms with E-state index in [1.807, 2.05) is 0 Å². The van der Waals surface area contributed by atoms with Crippen molar-refractivity contribution in [2.75, 3.05) is 26.3 Å². The number of hydrogen-bond acceptors (Lipinski definition) is 7. The summed E-state index contributed by atoms with van der Waals surface area (Å²) in [5.74, 6) is -1.03. The van der Waals surface area contributed by atoms with Crippen LogP contribution in [0.4, 0.5) is 17.6 Å². The van der Waals surface area contributed by atoms with Crippen LogP contribution in [0.2, 0.25) is 0 Å². The number of halogens is 5. The summed E-state index contributed by atoms with van der Waals surface area (Å²) in [5, 5.41) is 4.08. The molecule has 0 aliphatic carbocycles. The van der Waals surface area contributed by atoms with E-state index in [0.29, 0.717) is 11.3 Å². The van der Waals surface area contributed by atoms with E-state index in [1.165, 1.54) is 41.6 Å². The SMILES string of the molecule is NC1=C(/C=N/Sc2ccn(CC(F)(F)F)n2)CN(C(=O)C(OCCOPI)c2ccccc2F)C1. The predicted molar refractivity (Wildman–Crippen MR) is 134 cm³/mol. The van der Waals surface area contributed by atoms with Crippen molar-refractivity contribution in [3.05, 3.63) is 59.2 Å². The van der Waals surface area contributed by atoms with Gasteiger partial charge in [0, 0.05) is 47.7 Å². The molecule has 15 heteroatoms. The van der Waals surface area contributed by atoms with Crippen molar-refractivity contribution in [3.8, 4) is 0 Å². The van der Waals surface area contributed by atoms with Crippen molar-refractivity contribution in [1.29, 1.82) is 0 Å². The first-order chi connectivity index (χ1) is 16.7. The summed E-state index contributed by atoms with van der Waals surface area (Å²) in [5.41, 5.74) is 7.14. The van der Waals surface area contributed by atoms with Gasteiger partial charge >= 0.3 is 6.18 Å². The summed E-state index contributed by atoms with van der Waals surface area (Å²) in [6.45, 7) is -0.378. The van der Waals surface area contributed by atoms with Crippen LogP contribution in [0.5, 0.6) is 0 Å². The summed E-state index contributed by atoms with van der Waals surface area (Å²) in [4.78, 5) is 14.7. The van der Waals surface area contributed by atoms with Gasteiger partial charge in [0.05, 0.1) is 26.2 Å². The lowest BCUT2D eigenvalue weighted by Crippen LogP contribution is -2.36. The highest BCUT2D eigenvalue weighted by Crippen LogP contribution is 2.27. The molecule has 1 aliphatic rings. The zero-order chi connectivity index (χ0) is 25.4. The van der Waals surface area contributed by atoms with Gasteiger partial charge in [0.1, 0.15) is 17.4 Å². The number of rotatable bonds is 11. The molecule has 1 amide bonds. The van der Waals surface area contributed by atoms with Crippen LogP contribution in [-0.2, 0) is 20.6 Å². The summed E-state index contributed by atoms with van der Waals surface area (Å²) < 4.78 is 67.6. The van der Waals surface area contributed by atoms with Crippen LogP contribution in [0.25, 0.3) is 0 Å². The lowest BCUT2D eigenvalue weighted by Gasteiger charge is -2.24. The van der Waals surface area contributed by atoms with Crippen LogP contribution in [0, 0.1) is 5.82 Å². The fourth-order valence-electron chi connectivity index (χ4n) is 3.15. The summed E-state index contributed by atoms with van der Waals surface area (Å²) in [7, 11) is 0. The van der Waals surface area contributed by atoms with Crippen LogP contribution in [-0.4, -0.2) is 59.3 Å². The van der Waals surface area contributed by atoms with Gasteiger partial charge < -0.3 is 19.9 Å². The molecule has 35 heavy (non-hydrogen) atoms. The molecule has 0 saturated heterocycles. The minimum absolute atomic E-state index is 0.101. The topological polar surface area (TPSA) is 95.0 Å². The highest BCUT2D eigenvalue weighted by atomic mass is 127. The first-order valence-corrected chi connectivity index (χ1v) is 14.9. The standard InChI is InChI=1S/C20H21F4IN5O3PS/c21-15-4-2-1-3-14(15)18(32-7-8-33-34-25)19(31)29-10-13(16(26)11-29)9-27-35-17-5-6-30(28-17)12-20(22,23)24/h1-6,9,18,34H,7-8,10-12,26H2/b27-9+. The van der Waals surface area contributed by atoms with E-state index in [-0.39, 0.29) is 43.3 Å². The number of amides is 1. The van der Waals surface area contributed by atoms with E-state index in [2.05, 4.69) is 31.5 Å². The Morgan fingerprint density at radius 1 is 1.31 bits per heavy atom. The monoisotopic (exact) mass is 645 g/mol. The smallest absolute Gasteiger partial charge is 0.400 e. The van der Waals surface area contributed by atoms with Crippen LogP contribution >= 0.6 is 40.4 Å². The van der Waals surface area contributed by atoms with Gasteiger partial charge in [-0.1, -0.05) is 18.2 Å². The Bertz CT molecular complexity index is 1090. The predicted octanol–water partition coefficient (Wildman–Crippen LogP) is 4.44. The number of carbonyl (C=O) groups is 1. The summed E-state index contributed by atoms with van der Waals surface area (Å²) in [6, 6.07) is 7.29. The van der Waals surface area contributed by atoms with E-state index in [9.17, 15) is 22.4 Å². The normalized spacial score (nSPS) is 15.7. The van der Waals surface area contributed by atoms with E-state index >= 15 is 0 Å². The first kappa shape index (κ1) is 27.8. The molecular formula is C20H21F4IN5O3PS. The minimum atomic E-state index is -4.37. The average molecular weight is 645 g/mol. The van der Waals surface area contributed by atoms with Crippen molar-refractivity contribution in [1.82, 2.24) is 14.7 Å². The molecule has 8 nitrogen and oxygen atoms in total. The average Bonchev–Trinajstić information content (AvgIpc) is 3.39. The van der Waals surface area contributed by atoms with E-state index in [4.69, 9.17) is 15.0 Å². The Kier molecular flexibility index (Phi) is 10.3. The number of alkyl halides is 3. The number of nitrogens with zero attached hydrogens (tertiary/aromatic N) is 4. The van der Waals surface area contributed by atoms with Gasteiger partial charge in [-0.15, -0.1) is 0 Å². The Morgan fingerprint density at radius 3 is 2.80 bits per heavy atom. The minimum Gasteiger partial charge on any atom is -0.400 e. The maximum Gasteiger partial charge on any atom is 0.408 e. The molecule has 0 radical (unpaired) electrons. The second kappa shape index (κ2) is 13.0. The molecule has 2 heterocycles. The number of carbonyl (C=O) groups excluding carboxylic acids is 1. The van der Waals surface area contributed by atoms with Crippen molar-refractivity contribution < 1.29 is 31.6 Å². The molecule has 1 aromatic carbocycles. The van der Waals surface area contributed by atoms with Crippen LogP contribution in [0.3, 0.4) is 0 Å². The number of benzene rings is 1. The molecule has 3 rings (SSSR count). The van der Waals surface area contributed by atoms with Crippen molar-refractivity contribution in [2.45, 2.75) is 23.9 Å².